The van der Waals surface area contributed by atoms with Crippen molar-refractivity contribution < 1.29 is 17.6 Å². The third-order valence-electron chi connectivity index (χ3n) is 3.77. The molecule has 1 heterocycles. The molecule has 0 fully saturated rings. The molecule has 26 heavy (non-hydrogen) atoms. The number of benzene rings is 2. The van der Waals surface area contributed by atoms with Gasteiger partial charge in [-0.15, -0.1) is 0 Å². The molecule has 0 bridgehead atoms. The monoisotopic (exact) mass is 373 g/mol. The van der Waals surface area contributed by atoms with Crippen molar-refractivity contribution in [3.05, 3.63) is 66.1 Å². The lowest BCUT2D eigenvalue weighted by Crippen LogP contribution is -2.33. The van der Waals surface area contributed by atoms with Crippen LogP contribution in [0.15, 0.2) is 59.6 Å². The van der Waals surface area contributed by atoms with Crippen molar-refractivity contribution in [1.82, 2.24) is 9.71 Å². The number of fused-ring (bicyclic) bond motifs is 1. The van der Waals surface area contributed by atoms with Gasteiger partial charge < -0.3 is 5.32 Å². The lowest BCUT2D eigenvalue weighted by atomic mass is 10.2. The van der Waals surface area contributed by atoms with Gasteiger partial charge in [-0.1, -0.05) is 18.2 Å². The molecule has 1 aromatic heterocycles. The number of anilines is 1. The van der Waals surface area contributed by atoms with Crippen LogP contribution in [0.25, 0.3) is 10.9 Å². The van der Waals surface area contributed by atoms with Crippen molar-refractivity contribution in [2.75, 3.05) is 11.9 Å². The van der Waals surface area contributed by atoms with Crippen LogP contribution in [-0.2, 0) is 14.8 Å². The highest BCUT2D eigenvalue weighted by molar-refractivity contribution is 7.89. The van der Waals surface area contributed by atoms with Gasteiger partial charge in [-0.3, -0.25) is 9.78 Å². The average Bonchev–Trinajstić information content (AvgIpc) is 2.63. The van der Waals surface area contributed by atoms with E-state index in [9.17, 15) is 17.6 Å². The van der Waals surface area contributed by atoms with E-state index in [4.69, 9.17) is 0 Å². The molecule has 0 aliphatic carbocycles. The summed E-state index contributed by atoms with van der Waals surface area (Å²) in [5.74, 6) is -1.03. The molecule has 0 spiro atoms. The second-order valence-electron chi connectivity index (χ2n) is 5.66. The minimum atomic E-state index is -3.92. The maximum atomic E-state index is 13.3. The van der Waals surface area contributed by atoms with Crippen molar-refractivity contribution in [2.45, 2.75) is 11.8 Å². The van der Waals surface area contributed by atoms with Gasteiger partial charge in [0.05, 0.1) is 22.6 Å². The quantitative estimate of drug-likeness (QED) is 0.720. The molecule has 2 aromatic carbocycles. The largest absolute Gasteiger partial charge is 0.323 e. The molecule has 3 rings (SSSR count). The van der Waals surface area contributed by atoms with Gasteiger partial charge in [-0.25, -0.2) is 17.5 Å². The lowest BCUT2D eigenvalue weighted by molar-refractivity contribution is -0.115. The summed E-state index contributed by atoms with van der Waals surface area (Å²) < 4.78 is 40.0. The molecule has 0 unspecified atom stereocenters. The SMILES string of the molecule is Cc1cc(S(=O)(=O)NCC(=O)Nc2cccc3cccnc23)ccc1F. The van der Waals surface area contributed by atoms with Gasteiger partial charge in [0.2, 0.25) is 15.9 Å². The average molecular weight is 373 g/mol. The summed E-state index contributed by atoms with van der Waals surface area (Å²) in [6.07, 6.45) is 1.61. The van der Waals surface area contributed by atoms with Crippen LogP contribution >= 0.6 is 0 Å². The Morgan fingerprint density at radius 1 is 1.15 bits per heavy atom. The van der Waals surface area contributed by atoms with Crippen molar-refractivity contribution >= 4 is 32.5 Å². The van der Waals surface area contributed by atoms with E-state index in [1.54, 1.807) is 24.4 Å². The molecule has 3 aromatic rings. The van der Waals surface area contributed by atoms with Crippen LogP contribution in [0.3, 0.4) is 0 Å². The van der Waals surface area contributed by atoms with Gasteiger partial charge >= 0.3 is 0 Å². The minimum absolute atomic E-state index is 0.101. The van der Waals surface area contributed by atoms with Gasteiger partial charge in [-0.2, -0.15) is 0 Å². The standard InChI is InChI=1S/C18H16FN3O3S/c1-12-10-14(7-8-15(12)19)26(24,25)21-11-17(23)22-16-6-2-4-13-5-3-9-20-18(13)16/h2-10,21H,11H2,1H3,(H,22,23). The fourth-order valence-electron chi connectivity index (χ4n) is 2.43. The molecule has 1 amide bonds. The van der Waals surface area contributed by atoms with E-state index < -0.39 is 28.3 Å². The van der Waals surface area contributed by atoms with E-state index in [0.717, 1.165) is 17.5 Å². The Balaban J connectivity index is 1.71. The van der Waals surface area contributed by atoms with Crippen LogP contribution in [0.5, 0.6) is 0 Å². The van der Waals surface area contributed by atoms with Gasteiger partial charge in [0.15, 0.2) is 0 Å². The predicted octanol–water partition coefficient (Wildman–Crippen LogP) is 2.60. The summed E-state index contributed by atoms with van der Waals surface area (Å²) in [7, 11) is -3.92. The number of aryl methyl sites for hydroxylation is 1. The summed E-state index contributed by atoms with van der Waals surface area (Å²) >= 11 is 0. The van der Waals surface area contributed by atoms with Crippen LogP contribution in [0, 0.1) is 12.7 Å². The molecule has 134 valence electrons. The number of aromatic nitrogens is 1. The number of hydrogen-bond donors (Lipinski definition) is 2. The number of amides is 1. The fourth-order valence-corrected chi connectivity index (χ4v) is 3.49. The maximum Gasteiger partial charge on any atom is 0.241 e. The minimum Gasteiger partial charge on any atom is -0.323 e. The number of carbonyl (C=O) groups is 1. The van der Waals surface area contributed by atoms with Crippen molar-refractivity contribution in [1.29, 1.82) is 0 Å². The predicted molar refractivity (Wildman–Crippen MR) is 96.7 cm³/mol. The Bertz CT molecular complexity index is 1080. The summed E-state index contributed by atoms with van der Waals surface area (Å²) in [6.45, 7) is 1.01. The van der Waals surface area contributed by atoms with Crippen molar-refractivity contribution in [3.8, 4) is 0 Å². The van der Waals surface area contributed by atoms with E-state index in [1.807, 2.05) is 12.1 Å². The fraction of sp³-hybridized carbons (Fsp3) is 0.111. The Morgan fingerprint density at radius 2 is 1.92 bits per heavy atom. The van der Waals surface area contributed by atoms with E-state index in [-0.39, 0.29) is 10.5 Å². The van der Waals surface area contributed by atoms with E-state index in [1.165, 1.54) is 13.0 Å². The van der Waals surface area contributed by atoms with Crippen LogP contribution in [0.4, 0.5) is 10.1 Å². The van der Waals surface area contributed by atoms with Crippen molar-refractivity contribution in [3.63, 3.8) is 0 Å². The highest BCUT2D eigenvalue weighted by Gasteiger charge is 2.17. The number of para-hydroxylation sites is 1. The molecular formula is C18H16FN3O3S. The zero-order chi connectivity index (χ0) is 18.7. The third kappa shape index (κ3) is 3.87. The molecule has 0 radical (unpaired) electrons. The number of sulfonamides is 1. The first-order valence-corrected chi connectivity index (χ1v) is 9.24. The Morgan fingerprint density at radius 3 is 2.69 bits per heavy atom. The summed E-state index contributed by atoms with van der Waals surface area (Å²) in [4.78, 5) is 16.2. The summed E-state index contributed by atoms with van der Waals surface area (Å²) in [5, 5.41) is 3.50. The molecule has 0 aliphatic rings. The Hall–Kier alpha value is -2.84. The molecule has 6 nitrogen and oxygen atoms in total. The van der Waals surface area contributed by atoms with Gasteiger partial charge in [-0.05, 0) is 42.8 Å². The number of pyridine rings is 1. The number of halogens is 1. The van der Waals surface area contributed by atoms with Crippen LogP contribution < -0.4 is 10.0 Å². The molecule has 0 saturated heterocycles. The first kappa shape index (κ1) is 18.0. The molecule has 0 atom stereocenters. The lowest BCUT2D eigenvalue weighted by Gasteiger charge is -2.10. The van der Waals surface area contributed by atoms with Gasteiger partial charge in [0, 0.05) is 11.6 Å². The second-order valence-corrected chi connectivity index (χ2v) is 7.43. The molecule has 2 N–H and O–H groups in total. The van der Waals surface area contributed by atoms with E-state index in [2.05, 4.69) is 15.0 Å². The highest BCUT2D eigenvalue weighted by atomic mass is 32.2. The van der Waals surface area contributed by atoms with Crippen LogP contribution in [-0.4, -0.2) is 25.9 Å². The first-order chi connectivity index (χ1) is 12.4. The summed E-state index contributed by atoms with van der Waals surface area (Å²) in [6, 6.07) is 12.4. The number of rotatable bonds is 5. The van der Waals surface area contributed by atoms with E-state index >= 15 is 0 Å². The zero-order valence-electron chi connectivity index (χ0n) is 13.9. The maximum absolute atomic E-state index is 13.3. The normalized spacial score (nSPS) is 11.5. The Labute approximate surface area is 150 Å². The smallest absolute Gasteiger partial charge is 0.241 e. The second kappa shape index (κ2) is 7.19. The van der Waals surface area contributed by atoms with E-state index in [0.29, 0.717) is 11.2 Å². The number of nitrogens with one attached hydrogen (secondary N) is 2. The highest BCUT2D eigenvalue weighted by Crippen LogP contribution is 2.20. The Kier molecular flexibility index (Phi) is 4.97. The molecular weight excluding hydrogens is 357 g/mol. The van der Waals surface area contributed by atoms with Gasteiger partial charge in [0.1, 0.15) is 5.82 Å². The third-order valence-corrected chi connectivity index (χ3v) is 5.17. The summed E-state index contributed by atoms with van der Waals surface area (Å²) in [5.41, 5.74) is 1.31. The molecule has 0 saturated carbocycles. The zero-order valence-corrected chi connectivity index (χ0v) is 14.7. The number of carbonyl (C=O) groups excluding carboxylic acids is 1. The van der Waals surface area contributed by atoms with Crippen LogP contribution in [0.2, 0.25) is 0 Å². The first-order valence-electron chi connectivity index (χ1n) is 7.76. The molecule has 0 aliphatic heterocycles. The van der Waals surface area contributed by atoms with Crippen molar-refractivity contribution in [2.24, 2.45) is 0 Å². The topological polar surface area (TPSA) is 88.2 Å². The molecule has 8 heteroatoms. The number of nitrogens with zero attached hydrogens (tertiary/aromatic N) is 1. The number of hydrogen-bond acceptors (Lipinski definition) is 4. The van der Waals surface area contributed by atoms with Crippen LogP contribution in [0.1, 0.15) is 5.56 Å². The van der Waals surface area contributed by atoms with Gasteiger partial charge in [0.25, 0.3) is 0 Å².